The van der Waals surface area contributed by atoms with E-state index in [9.17, 15) is 5.11 Å². The summed E-state index contributed by atoms with van der Waals surface area (Å²) in [6, 6.07) is 8.36. The lowest BCUT2D eigenvalue weighted by atomic mass is 10.0. The van der Waals surface area contributed by atoms with Gasteiger partial charge in [0.25, 0.3) is 0 Å². The summed E-state index contributed by atoms with van der Waals surface area (Å²) in [6.07, 6.45) is 1.88. The maximum absolute atomic E-state index is 10.2. The van der Waals surface area contributed by atoms with E-state index in [1.165, 1.54) is 5.56 Å². The lowest BCUT2D eigenvalue weighted by molar-refractivity contribution is 0.0143. The van der Waals surface area contributed by atoms with Crippen LogP contribution in [0.2, 0.25) is 0 Å². The Morgan fingerprint density at radius 1 is 1.22 bits per heavy atom. The molecule has 3 heteroatoms. The van der Waals surface area contributed by atoms with Gasteiger partial charge in [0, 0.05) is 19.6 Å². The van der Waals surface area contributed by atoms with Crippen LogP contribution in [0.25, 0.3) is 0 Å². The van der Waals surface area contributed by atoms with Crippen LogP contribution in [-0.4, -0.2) is 42.9 Å². The summed E-state index contributed by atoms with van der Waals surface area (Å²) in [4.78, 5) is 2.26. The normalized spacial score (nSPS) is 18.8. The average molecular weight is 249 g/mol. The number of nitrogens with zero attached hydrogens (tertiary/aromatic N) is 1. The highest BCUT2D eigenvalue weighted by molar-refractivity contribution is 5.24. The van der Waals surface area contributed by atoms with Gasteiger partial charge in [0.2, 0.25) is 0 Å². The molecule has 0 aromatic heterocycles. The summed E-state index contributed by atoms with van der Waals surface area (Å²) >= 11 is 0. The second-order valence-corrected chi connectivity index (χ2v) is 4.92. The zero-order chi connectivity index (χ0) is 12.8. The monoisotopic (exact) mass is 249 g/mol. The molecule has 1 fully saturated rings. The number of aryl methyl sites for hydroxylation is 1. The van der Waals surface area contributed by atoms with Crippen LogP contribution >= 0.6 is 0 Å². The van der Waals surface area contributed by atoms with Crippen molar-refractivity contribution in [2.45, 2.75) is 25.9 Å². The largest absolute Gasteiger partial charge is 0.387 e. The van der Waals surface area contributed by atoms with Crippen molar-refractivity contribution in [2.24, 2.45) is 0 Å². The number of ether oxygens (including phenoxy) is 1. The molecule has 18 heavy (non-hydrogen) atoms. The van der Waals surface area contributed by atoms with Gasteiger partial charge in [-0.1, -0.05) is 37.6 Å². The van der Waals surface area contributed by atoms with Crippen molar-refractivity contribution in [1.29, 1.82) is 0 Å². The smallest absolute Gasteiger partial charge is 0.0916 e. The van der Waals surface area contributed by atoms with Gasteiger partial charge in [-0.25, -0.2) is 0 Å². The van der Waals surface area contributed by atoms with E-state index < -0.39 is 6.10 Å². The third kappa shape index (κ3) is 3.80. The molecule has 0 saturated carbocycles. The van der Waals surface area contributed by atoms with E-state index in [1.807, 2.05) is 0 Å². The fourth-order valence-electron chi connectivity index (χ4n) is 2.33. The summed E-state index contributed by atoms with van der Waals surface area (Å²) in [5.74, 6) is 0. The van der Waals surface area contributed by atoms with Crippen molar-refractivity contribution in [3.8, 4) is 0 Å². The van der Waals surface area contributed by atoms with Gasteiger partial charge in [0.05, 0.1) is 19.3 Å². The number of β-amino-alcohol motifs (C(OH)–C–C–N with tert-alkyl or cyclic N) is 1. The van der Waals surface area contributed by atoms with Gasteiger partial charge in [-0.2, -0.15) is 0 Å². The summed E-state index contributed by atoms with van der Waals surface area (Å²) in [7, 11) is 0. The number of hydrogen-bond donors (Lipinski definition) is 1. The number of hydrogen-bond acceptors (Lipinski definition) is 3. The van der Waals surface area contributed by atoms with Crippen LogP contribution in [0.15, 0.2) is 24.3 Å². The molecule has 0 aliphatic carbocycles. The molecule has 0 radical (unpaired) electrons. The Balaban J connectivity index is 1.89. The van der Waals surface area contributed by atoms with Gasteiger partial charge in [-0.15, -0.1) is 0 Å². The Kier molecular flexibility index (Phi) is 5.17. The summed E-state index contributed by atoms with van der Waals surface area (Å²) in [5, 5.41) is 10.2. The summed E-state index contributed by atoms with van der Waals surface area (Å²) in [5.41, 5.74) is 2.36. The van der Waals surface area contributed by atoms with Crippen molar-refractivity contribution < 1.29 is 9.84 Å². The quantitative estimate of drug-likeness (QED) is 0.866. The van der Waals surface area contributed by atoms with E-state index in [-0.39, 0.29) is 0 Å². The molecule has 0 bridgehead atoms. The predicted octanol–water partition coefficient (Wildman–Crippen LogP) is 2.00. The van der Waals surface area contributed by atoms with Gasteiger partial charge in [0.15, 0.2) is 0 Å². The molecule has 1 aromatic carbocycles. The molecule has 0 amide bonds. The van der Waals surface area contributed by atoms with Crippen molar-refractivity contribution in [1.82, 2.24) is 4.90 Å². The standard InChI is InChI=1S/C15H23NO2/c1-2-3-13-4-6-14(7-5-13)15(17)12-16-8-10-18-11-9-16/h4-7,15,17H,2-3,8-12H2,1H3. The minimum atomic E-state index is -0.390. The molecule has 1 aliphatic rings. The molecule has 1 atom stereocenters. The molecule has 1 heterocycles. The first-order valence-electron chi connectivity index (χ1n) is 6.86. The van der Waals surface area contributed by atoms with Gasteiger partial charge >= 0.3 is 0 Å². The van der Waals surface area contributed by atoms with Crippen LogP contribution in [0.3, 0.4) is 0 Å². The molecule has 3 nitrogen and oxygen atoms in total. The zero-order valence-electron chi connectivity index (χ0n) is 11.1. The van der Waals surface area contributed by atoms with Gasteiger partial charge in [-0.05, 0) is 17.5 Å². The molecule has 0 spiro atoms. The lowest BCUT2D eigenvalue weighted by Crippen LogP contribution is -2.38. The van der Waals surface area contributed by atoms with Gasteiger partial charge in [0.1, 0.15) is 0 Å². The number of aliphatic hydroxyl groups excluding tert-OH is 1. The Morgan fingerprint density at radius 2 is 1.89 bits per heavy atom. The SMILES string of the molecule is CCCc1ccc(C(O)CN2CCOCC2)cc1. The predicted molar refractivity (Wildman–Crippen MR) is 72.7 cm³/mol. The Bertz CT molecular complexity index is 344. The van der Waals surface area contributed by atoms with E-state index in [1.54, 1.807) is 0 Å². The number of rotatable bonds is 5. The topological polar surface area (TPSA) is 32.7 Å². The Labute approximate surface area is 109 Å². The number of morpholine rings is 1. The highest BCUT2D eigenvalue weighted by Gasteiger charge is 2.15. The number of aliphatic hydroxyl groups is 1. The highest BCUT2D eigenvalue weighted by Crippen LogP contribution is 2.16. The van der Waals surface area contributed by atoms with Crippen molar-refractivity contribution in [2.75, 3.05) is 32.8 Å². The number of benzene rings is 1. The molecule has 1 aliphatic heterocycles. The molecular weight excluding hydrogens is 226 g/mol. The molecule has 1 unspecified atom stereocenters. The average Bonchev–Trinajstić information content (AvgIpc) is 2.41. The van der Waals surface area contributed by atoms with Crippen LogP contribution in [0.5, 0.6) is 0 Å². The lowest BCUT2D eigenvalue weighted by Gasteiger charge is -2.28. The van der Waals surface area contributed by atoms with E-state index in [0.29, 0.717) is 6.54 Å². The molecule has 100 valence electrons. The van der Waals surface area contributed by atoms with Crippen LogP contribution < -0.4 is 0 Å². The van der Waals surface area contributed by atoms with Crippen molar-refractivity contribution in [3.63, 3.8) is 0 Å². The van der Waals surface area contributed by atoms with Crippen LogP contribution in [0.4, 0.5) is 0 Å². The van der Waals surface area contributed by atoms with Crippen molar-refractivity contribution >= 4 is 0 Å². The van der Waals surface area contributed by atoms with E-state index >= 15 is 0 Å². The second-order valence-electron chi connectivity index (χ2n) is 4.92. The first-order valence-corrected chi connectivity index (χ1v) is 6.86. The fourth-order valence-corrected chi connectivity index (χ4v) is 2.33. The summed E-state index contributed by atoms with van der Waals surface area (Å²) < 4.78 is 5.31. The summed E-state index contributed by atoms with van der Waals surface area (Å²) in [6.45, 7) is 6.29. The third-order valence-electron chi connectivity index (χ3n) is 3.44. The third-order valence-corrected chi connectivity index (χ3v) is 3.44. The molecule has 1 N–H and O–H groups in total. The maximum atomic E-state index is 10.2. The van der Waals surface area contributed by atoms with Crippen molar-refractivity contribution in [3.05, 3.63) is 35.4 Å². The minimum Gasteiger partial charge on any atom is -0.387 e. The van der Waals surface area contributed by atoms with Crippen LogP contribution in [0.1, 0.15) is 30.6 Å². The minimum absolute atomic E-state index is 0.390. The fraction of sp³-hybridized carbons (Fsp3) is 0.600. The Hall–Kier alpha value is -0.900. The van der Waals surface area contributed by atoms with Gasteiger partial charge < -0.3 is 9.84 Å². The maximum Gasteiger partial charge on any atom is 0.0916 e. The molecule has 1 aromatic rings. The molecular formula is C15H23NO2. The van der Waals surface area contributed by atoms with E-state index in [4.69, 9.17) is 4.74 Å². The zero-order valence-corrected chi connectivity index (χ0v) is 11.1. The first kappa shape index (κ1) is 13.5. The molecule has 2 rings (SSSR count). The molecule has 1 saturated heterocycles. The van der Waals surface area contributed by atoms with Crippen LogP contribution in [0, 0.1) is 0 Å². The van der Waals surface area contributed by atoms with Crippen LogP contribution in [-0.2, 0) is 11.2 Å². The van der Waals surface area contributed by atoms with E-state index in [2.05, 4.69) is 36.1 Å². The highest BCUT2D eigenvalue weighted by atomic mass is 16.5. The van der Waals surface area contributed by atoms with E-state index in [0.717, 1.165) is 44.7 Å². The first-order chi connectivity index (χ1) is 8.79. The second kappa shape index (κ2) is 6.88. The van der Waals surface area contributed by atoms with Gasteiger partial charge in [-0.3, -0.25) is 4.90 Å². The Morgan fingerprint density at radius 3 is 2.50 bits per heavy atom.